The third-order valence-electron chi connectivity index (χ3n) is 6.19. The van der Waals surface area contributed by atoms with Gasteiger partial charge in [0.1, 0.15) is 6.54 Å². The first-order valence-electron chi connectivity index (χ1n) is 13.3. The Kier molecular flexibility index (Phi) is 16.7. The molecule has 1 aliphatic rings. The van der Waals surface area contributed by atoms with Gasteiger partial charge >= 0.3 is 12.1 Å². The van der Waals surface area contributed by atoms with Gasteiger partial charge < -0.3 is 25.3 Å². The lowest BCUT2D eigenvalue weighted by atomic mass is 9.89. The highest BCUT2D eigenvalue weighted by molar-refractivity contribution is 8.76. The fourth-order valence-corrected chi connectivity index (χ4v) is 7.19. The lowest BCUT2D eigenvalue weighted by Crippen LogP contribution is -2.40. The quantitative estimate of drug-likeness (QED) is 0.111. The van der Waals surface area contributed by atoms with E-state index in [0.717, 1.165) is 55.6 Å². The number of carbonyl (C=O) groups excluding carboxylic acids is 3. The third kappa shape index (κ3) is 13.5. The number of hydrogen-bond acceptors (Lipinski definition) is 10. The van der Waals surface area contributed by atoms with Crippen molar-refractivity contribution in [3.05, 3.63) is 35.9 Å². The molecular weight excluding hydrogens is 545 g/mol. The van der Waals surface area contributed by atoms with Crippen LogP contribution in [0, 0.1) is 11.8 Å². The van der Waals surface area contributed by atoms with Crippen LogP contribution in [0.1, 0.15) is 51.0 Å². The Hall–Kier alpha value is -1.56. The molecular formula is C27H42N2O6S3. The number of amides is 1. The largest absolute Gasteiger partial charge is 0.511 e. The van der Waals surface area contributed by atoms with E-state index in [0.29, 0.717) is 12.2 Å². The molecule has 0 bridgehead atoms. The Morgan fingerprint density at radius 3 is 2.45 bits per heavy atom. The minimum Gasteiger partial charge on any atom is -0.435 e. The summed E-state index contributed by atoms with van der Waals surface area (Å²) in [5, 5.41) is 2.73. The van der Waals surface area contributed by atoms with E-state index < -0.39 is 18.4 Å². The first-order chi connectivity index (χ1) is 18.4. The number of hydrogen-bond donors (Lipinski definition) is 2. The van der Waals surface area contributed by atoms with E-state index in [4.69, 9.17) is 19.9 Å². The van der Waals surface area contributed by atoms with Crippen LogP contribution in [-0.4, -0.2) is 67.0 Å². The van der Waals surface area contributed by atoms with Crippen molar-refractivity contribution in [1.82, 2.24) is 5.32 Å². The second-order valence-electron chi connectivity index (χ2n) is 9.27. The number of nitrogens with two attached hydrogens (primary N) is 1. The average Bonchev–Trinajstić information content (AvgIpc) is 2.93. The molecule has 0 heterocycles. The second-order valence-corrected chi connectivity index (χ2v) is 12.8. The van der Waals surface area contributed by atoms with Crippen molar-refractivity contribution >= 4 is 51.4 Å². The van der Waals surface area contributed by atoms with Gasteiger partial charge in [-0.1, -0.05) is 71.2 Å². The number of thioether (sulfide) groups is 1. The SMILES string of the molecule is CCOC(=O)OC(OC(=O)CNC(=O)[C@@H](CSSC[C@@H](N)CCSC)Cc1ccccc1)C1CCCCC1. The minimum atomic E-state index is -1.01. The summed E-state index contributed by atoms with van der Waals surface area (Å²) in [4.78, 5) is 37.7. The van der Waals surface area contributed by atoms with E-state index in [9.17, 15) is 14.4 Å². The van der Waals surface area contributed by atoms with Crippen LogP contribution in [0.5, 0.6) is 0 Å². The number of carbonyl (C=O) groups is 3. The van der Waals surface area contributed by atoms with Crippen LogP contribution in [-0.2, 0) is 30.2 Å². The molecule has 38 heavy (non-hydrogen) atoms. The van der Waals surface area contributed by atoms with Gasteiger partial charge in [0.05, 0.1) is 12.5 Å². The lowest BCUT2D eigenvalue weighted by Gasteiger charge is -2.29. The molecule has 11 heteroatoms. The normalized spacial score (nSPS) is 16.2. The Morgan fingerprint density at radius 1 is 1.05 bits per heavy atom. The highest BCUT2D eigenvalue weighted by Gasteiger charge is 2.31. The molecule has 0 aromatic heterocycles. The number of nitrogens with one attached hydrogen (secondary N) is 1. The Labute approximate surface area is 239 Å². The highest BCUT2D eigenvalue weighted by atomic mass is 33.1. The van der Waals surface area contributed by atoms with E-state index in [1.54, 1.807) is 40.3 Å². The standard InChI is InChI=1S/C27H42N2O6S3/c1-3-33-27(32)35-26(21-12-8-5-9-13-21)34-24(30)17-29-25(31)22(16-20-10-6-4-7-11-20)18-37-38-19-23(28)14-15-36-2/h4,6-7,10-11,21-23,26H,3,5,8-9,12-19,28H2,1-2H3,(H,29,31)/t22-,23+,26?/m1/s1. The molecule has 1 fully saturated rings. The van der Waals surface area contributed by atoms with Crippen LogP contribution in [0.2, 0.25) is 0 Å². The Morgan fingerprint density at radius 2 is 1.76 bits per heavy atom. The molecule has 1 amide bonds. The molecule has 1 aliphatic carbocycles. The van der Waals surface area contributed by atoms with Crippen molar-refractivity contribution in [3.8, 4) is 0 Å². The van der Waals surface area contributed by atoms with E-state index >= 15 is 0 Å². The molecule has 1 saturated carbocycles. The van der Waals surface area contributed by atoms with Gasteiger partial charge in [-0.15, -0.1) is 0 Å². The molecule has 2 rings (SSSR count). The summed E-state index contributed by atoms with van der Waals surface area (Å²) in [7, 11) is 3.30. The molecule has 0 aliphatic heterocycles. The number of rotatable bonds is 17. The van der Waals surface area contributed by atoms with Crippen LogP contribution in [0.15, 0.2) is 30.3 Å². The Bertz CT molecular complexity index is 826. The summed E-state index contributed by atoms with van der Waals surface area (Å²) < 4.78 is 15.7. The van der Waals surface area contributed by atoms with E-state index in [1.807, 2.05) is 30.3 Å². The Balaban J connectivity index is 1.90. The zero-order valence-corrected chi connectivity index (χ0v) is 24.9. The van der Waals surface area contributed by atoms with Crippen molar-refractivity contribution in [1.29, 1.82) is 0 Å². The predicted molar refractivity (Wildman–Crippen MR) is 157 cm³/mol. The minimum absolute atomic E-state index is 0.0747. The van der Waals surface area contributed by atoms with Crippen molar-refractivity contribution in [2.24, 2.45) is 17.6 Å². The van der Waals surface area contributed by atoms with Crippen LogP contribution in [0.25, 0.3) is 0 Å². The summed E-state index contributed by atoms with van der Waals surface area (Å²) >= 11 is 1.79. The number of benzene rings is 1. The molecule has 1 unspecified atom stereocenters. The smallest absolute Gasteiger partial charge is 0.435 e. The van der Waals surface area contributed by atoms with Crippen molar-refractivity contribution < 1.29 is 28.6 Å². The number of ether oxygens (including phenoxy) is 3. The first-order valence-corrected chi connectivity index (χ1v) is 17.1. The molecule has 1 aromatic rings. The zero-order valence-electron chi connectivity index (χ0n) is 22.4. The van der Waals surface area contributed by atoms with Crippen molar-refractivity contribution in [2.75, 3.05) is 36.7 Å². The van der Waals surface area contributed by atoms with Crippen LogP contribution >= 0.6 is 33.3 Å². The van der Waals surface area contributed by atoms with Crippen LogP contribution < -0.4 is 11.1 Å². The van der Waals surface area contributed by atoms with Crippen molar-refractivity contribution in [2.45, 2.75) is 64.2 Å². The molecule has 8 nitrogen and oxygen atoms in total. The fraction of sp³-hybridized carbons (Fsp3) is 0.667. The van der Waals surface area contributed by atoms with Crippen LogP contribution in [0.4, 0.5) is 4.79 Å². The van der Waals surface area contributed by atoms with Gasteiger partial charge in [0, 0.05) is 23.5 Å². The van der Waals surface area contributed by atoms with Gasteiger partial charge in [0.25, 0.3) is 6.29 Å². The van der Waals surface area contributed by atoms with E-state index in [2.05, 4.69) is 11.6 Å². The molecule has 214 valence electrons. The molecule has 0 saturated heterocycles. The summed E-state index contributed by atoms with van der Waals surface area (Å²) in [6.07, 6.45) is 6.42. The average molecular weight is 587 g/mol. The van der Waals surface area contributed by atoms with Gasteiger partial charge in [0.2, 0.25) is 5.91 Å². The van der Waals surface area contributed by atoms with E-state index in [-0.39, 0.29) is 36.9 Å². The monoisotopic (exact) mass is 586 g/mol. The maximum atomic E-state index is 13.1. The summed E-state index contributed by atoms with van der Waals surface area (Å²) in [6, 6.07) is 9.95. The molecule has 3 N–H and O–H groups in total. The molecule has 0 spiro atoms. The van der Waals surface area contributed by atoms with E-state index in [1.165, 1.54) is 0 Å². The predicted octanol–water partition coefficient (Wildman–Crippen LogP) is 5.05. The van der Waals surface area contributed by atoms with Gasteiger partial charge in [-0.25, -0.2) is 4.79 Å². The first kappa shape index (κ1) is 32.7. The second kappa shape index (κ2) is 19.5. The highest BCUT2D eigenvalue weighted by Crippen LogP contribution is 2.29. The van der Waals surface area contributed by atoms with Gasteiger partial charge in [-0.05, 0) is 50.2 Å². The molecule has 1 aromatic carbocycles. The summed E-state index contributed by atoms with van der Waals surface area (Å²) in [5.41, 5.74) is 7.22. The number of esters is 1. The third-order valence-corrected chi connectivity index (χ3v) is 9.42. The topological polar surface area (TPSA) is 117 Å². The van der Waals surface area contributed by atoms with Gasteiger partial charge in [0.15, 0.2) is 0 Å². The maximum absolute atomic E-state index is 13.1. The van der Waals surface area contributed by atoms with Crippen molar-refractivity contribution in [3.63, 3.8) is 0 Å². The molecule has 3 atom stereocenters. The van der Waals surface area contributed by atoms with Gasteiger partial charge in [-0.3, -0.25) is 9.59 Å². The summed E-state index contributed by atoms with van der Waals surface area (Å²) in [5.74, 6) is 1.19. The lowest BCUT2D eigenvalue weighted by molar-refractivity contribution is -0.183. The molecule has 0 radical (unpaired) electrons. The zero-order chi connectivity index (χ0) is 27.6. The maximum Gasteiger partial charge on any atom is 0.511 e. The van der Waals surface area contributed by atoms with Gasteiger partial charge in [-0.2, -0.15) is 11.8 Å². The fourth-order valence-electron chi connectivity index (χ4n) is 4.09. The summed E-state index contributed by atoms with van der Waals surface area (Å²) in [6.45, 7) is 1.56. The van der Waals surface area contributed by atoms with Crippen LogP contribution in [0.3, 0.4) is 0 Å².